The molecule has 0 aliphatic carbocycles. The molecule has 0 aliphatic heterocycles. The van der Waals surface area contributed by atoms with Crippen LogP contribution in [0.1, 0.15) is 24.8 Å². The van der Waals surface area contributed by atoms with Crippen molar-refractivity contribution in [2.24, 2.45) is 0 Å². The number of rotatable bonds is 6. The number of benzene rings is 2. The van der Waals surface area contributed by atoms with Gasteiger partial charge in [0.1, 0.15) is 0 Å². The zero-order valence-electron chi connectivity index (χ0n) is 15.6. The van der Waals surface area contributed by atoms with E-state index in [1.807, 2.05) is 31.2 Å². The molecule has 2 N–H and O–H groups in total. The molecule has 144 valence electrons. The Morgan fingerprint density at radius 1 is 1.07 bits per heavy atom. The number of oxazole rings is 1. The first kappa shape index (κ1) is 19.8. The highest BCUT2D eigenvalue weighted by Gasteiger charge is 2.12. The Morgan fingerprint density at radius 3 is 2.54 bits per heavy atom. The van der Waals surface area contributed by atoms with Gasteiger partial charge in [-0.2, -0.15) is 0 Å². The summed E-state index contributed by atoms with van der Waals surface area (Å²) < 4.78 is 6.55. The van der Waals surface area contributed by atoms with E-state index in [0.717, 1.165) is 10.0 Å². The van der Waals surface area contributed by atoms with E-state index in [0.29, 0.717) is 29.4 Å². The van der Waals surface area contributed by atoms with Crippen LogP contribution in [0.2, 0.25) is 0 Å². The second-order valence-corrected chi connectivity index (χ2v) is 7.32. The van der Waals surface area contributed by atoms with Gasteiger partial charge in [-0.25, -0.2) is 4.98 Å². The molecule has 0 saturated heterocycles. The number of hydrogen-bond donors (Lipinski definition) is 2. The van der Waals surface area contributed by atoms with Crippen LogP contribution in [0.5, 0.6) is 0 Å². The van der Waals surface area contributed by atoms with Crippen LogP contribution in [0, 0.1) is 6.92 Å². The fourth-order valence-electron chi connectivity index (χ4n) is 2.63. The van der Waals surface area contributed by atoms with Gasteiger partial charge < -0.3 is 15.1 Å². The molecule has 0 saturated carbocycles. The van der Waals surface area contributed by atoms with Crippen molar-refractivity contribution in [3.05, 3.63) is 64.6 Å². The maximum atomic E-state index is 12.3. The van der Waals surface area contributed by atoms with E-state index in [2.05, 4.69) is 31.5 Å². The average Bonchev–Trinajstić information content (AvgIpc) is 3.12. The predicted molar refractivity (Wildman–Crippen MR) is 112 cm³/mol. The molecule has 0 fully saturated rings. The van der Waals surface area contributed by atoms with Gasteiger partial charge in [-0.1, -0.05) is 45.8 Å². The number of hydrogen-bond acceptors (Lipinski definition) is 4. The van der Waals surface area contributed by atoms with E-state index in [4.69, 9.17) is 4.42 Å². The van der Waals surface area contributed by atoms with Crippen LogP contribution >= 0.6 is 15.9 Å². The smallest absolute Gasteiger partial charge is 0.224 e. The third kappa shape index (κ3) is 5.29. The van der Waals surface area contributed by atoms with Gasteiger partial charge in [-0.3, -0.25) is 9.59 Å². The number of anilines is 2. The molecule has 0 atom stereocenters. The Bertz CT molecular complexity index is 996. The number of nitrogens with zero attached hydrogens (tertiary/aromatic N) is 1. The van der Waals surface area contributed by atoms with Crippen molar-refractivity contribution in [3.8, 4) is 11.3 Å². The number of carbonyl (C=O) groups is 2. The molecule has 0 radical (unpaired) electrons. The Kier molecular flexibility index (Phi) is 6.26. The molecule has 1 heterocycles. The van der Waals surface area contributed by atoms with Gasteiger partial charge in [0.05, 0.1) is 17.6 Å². The monoisotopic (exact) mass is 441 g/mol. The fourth-order valence-corrected chi connectivity index (χ4v) is 2.99. The van der Waals surface area contributed by atoms with Crippen LogP contribution in [0.25, 0.3) is 11.3 Å². The lowest BCUT2D eigenvalue weighted by molar-refractivity contribution is -0.116. The van der Waals surface area contributed by atoms with Crippen LogP contribution in [-0.2, 0) is 16.0 Å². The standard InChI is InChI=1S/C21H20BrN3O3/c1-13-3-5-15(6-4-13)19-12-23-21(28-19)10-9-20(27)25-18-11-16(22)7-8-17(18)24-14(2)26/h3-8,11-12H,9-10H2,1-2H3,(H,24,26)(H,25,27). The number of nitrogens with one attached hydrogen (secondary N) is 2. The quantitative estimate of drug-likeness (QED) is 0.566. The molecule has 0 unspecified atom stereocenters. The SMILES string of the molecule is CC(=O)Nc1ccc(Br)cc1NC(=O)CCc1ncc(-c2ccc(C)cc2)o1. The second-order valence-electron chi connectivity index (χ2n) is 6.40. The van der Waals surface area contributed by atoms with Crippen molar-refractivity contribution in [2.75, 3.05) is 10.6 Å². The first-order valence-electron chi connectivity index (χ1n) is 8.79. The second kappa shape index (κ2) is 8.84. The molecule has 2 amide bonds. The molecular weight excluding hydrogens is 422 g/mol. The topological polar surface area (TPSA) is 84.2 Å². The summed E-state index contributed by atoms with van der Waals surface area (Å²) in [7, 11) is 0. The molecular formula is C21H20BrN3O3. The maximum absolute atomic E-state index is 12.3. The molecule has 3 aromatic rings. The van der Waals surface area contributed by atoms with Gasteiger partial charge >= 0.3 is 0 Å². The van der Waals surface area contributed by atoms with E-state index in [1.165, 1.54) is 12.5 Å². The average molecular weight is 442 g/mol. The molecule has 0 aliphatic rings. The van der Waals surface area contributed by atoms with Crippen molar-refractivity contribution >= 4 is 39.1 Å². The summed E-state index contributed by atoms with van der Waals surface area (Å²) in [5, 5.41) is 5.52. The van der Waals surface area contributed by atoms with E-state index >= 15 is 0 Å². The van der Waals surface area contributed by atoms with Gasteiger partial charge in [0.15, 0.2) is 11.7 Å². The number of amides is 2. The maximum Gasteiger partial charge on any atom is 0.224 e. The van der Waals surface area contributed by atoms with Crippen molar-refractivity contribution in [3.63, 3.8) is 0 Å². The van der Waals surface area contributed by atoms with Crippen LogP contribution in [0.15, 0.2) is 57.6 Å². The Labute approximate surface area is 171 Å². The molecule has 0 bridgehead atoms. The van der Waals surface area contributed by atoms with Crippen molar-refractivity contribution in [1.29, 1.82) is 0 Å². The van der Waals surface area contributed by atoms with E-state index < -0.39 is 0 Å². The van der Waals surface area contributed by atoms with Gasteiger partial charge in [-0.15, -0.1) is 0 Å². The summed E-state index contributed by atoms with van der Waals surface area (Å²) >= 11 is 3.37. The molecule has 7 heteroatoms. The molecule has 0 spiro atoms. The van der Waals surface area contributed by atoms with E-state index in [9.17, 15) is 9.59 Å². The van der Waals surface area contributed by atoms with Gasteiger partial charge in [0.2, 0.25) is 11.8 Å². The van der Waals surface area contributed by atoms with E-state index in [-0.39, 0.29) is 18.2 Å². The largest absolute Gasteiger partial charge is 0.441 e. The Hall–Kier alpha value is -2.93. The number of carbonyl (C=O) groups excluding carboxylic acids is 2. The highest BCUT2D eigenvalue weighted by Crippen LogP contribution is 2.26. The van der Waals surface area contributed by atoms with E-state index in [1.54, 1.807) is 24.4 Å². The minimum atomic E-state index is -0.207. The zero-order chi connectivity index (χ0) is 20.1. The number of halogens is 1. The number of aromatic nitrogens is 1. The van der Waals surface area contributed by atoms with Crippen molar-refractivity contribution in [2.45, 2.75) is 26.7 Å². The minimum Gasteiger partial charge on any atom is -0.441 e. The zero-order valence-corrected chi connectivity index (χ0v) is 17.2. The first-order valence-corrected chi connectivity index (χ1v) is 9.59. The summed E-state index contributed by atoms with van der Waals surface area (Å²) in [5.41, 5.74) is 3.19. The van der Waals surface area contributed by atoms with Crippen LogP contribution in [-0.4, -0.2) is 16.8 Å². The van der Waals surface area contributed by atoms with Crippen molar-refractivity contribution in [1.82, 2.24) is 4.98 Å². The van der Waals surface area contributed by atoms with Gasteiger partial charge in [0.25, 0.3) is 0 Å². The molecule has 6 nitrogen and oxygen atoms in total. The summed E-state index contributed by atoms with van der Waals surface area (Å²) in [5.74, 6) is 0.776. The van der Waals surface area contributed by atoms with Crippen molar-refractivity contribution < 1.29 is 14.0 Å². The predicted octanol–water partition coefficient (Wildman–Crippen LogP) is 4.94. The normalized spacial score (nSPS) is 10.5. The first-order chi connectivity index (χ1) is 13.4. The highest BCUT2D eigenvalue weighted by molar-refractivity contribution is 9.10. The summed E-state index contributed by atoms with van der Waals surface area (Å²) in [6, 6.07) is 13.2. The summed E-state index contributed by atoms with van der Waals surface area (Å²) in [6.07, 6.45) is 2.25. The Morgan fingerprint density at radius 2 is 1.82 bits per heavy atom. The molecule has 1 aromatic heterocycles. The minimum absolute atomic E-state index is 0.195. The molecule has 3 rings (SSSR count). The molecule has 2 aromatic carbocycles. The van der Waals surface area contributed by atoms with Gasteiger partial charge in [0, 0.05) is 29.8 Å². The van der Waals surface area contributed by atoms with Crippen LogP contribution < -0.4 is 10.6 Å². The summed E-state index contributed by atoms with van der Waals surface area (Å²) in [4.78, 5) is 27.9. The van der Waals surface area contributed by atoms with Crippen LogP contribution in [0.4, 0.5) is 11.4 Å². The highest BCUT2D eigenvalue weighted by atomic mass is 79.9. The lowest BCUT2D eigenvalue weighted by Crippen LogP contribution is -2.15. The van der Waals surface area contributed by atoms with Gasteiger partial charge in [-0.05, 0) is 25.1 Å². The summed E-state index contributed by atoms with van der Waals surface area (Å²) in [6.45, 7) is 3.44. The Balaban J connectivity index is 1.61. The van der Waals surface area contributed by atoms with Crippen LogP contribution in [0.3, 0.4) is 0 Å². The lowest BCUT2D eigenvalue weighted by atomic mass is 10.1. The third-order valence-electron chi connectivity index (χ3n) is 4.02. The third-order valence-corrected chi connectivity index (χ3v) is 4.52. The lowest BCUT2D eigenvalue weighted by Gasteiger charge is -2.11. The number of aryl methyl sites for hydroxylation is 2. The molecule has 28 heavy (non-hydrogen) atoms. The fraction of sp³-hybridized carbons (Fsp3) is 0.190.